The van der Waals surface area contributed by atoms with Crippen LogP contribution in [0.1, 0.15) is 76.0 Å². The van der Waals surface area contributed by atoms with Gasteiger partial charge in [0.2, 0.25) is 0 Å². The van der Waals surface area contributed by atoms with Crippen LogP contribution in [0.5, 0.6) is 5.75 Å². The number of fused-ring (bicyclic) bond motifs is 3. The van der Waals surface area contributed by atoms with E-state index in [-0.39, 0.29) is 11.4 Å². The zero-order valence-corrected chi connectivity index (χ0v) is 18.7. The highest BCUT2D eigenvalue weighted by molar-refractivity contribution is 6.30. The molecule has 0 radical (unpaired) electrons. The van der Waals surface area contributed by atoms with Crippen molar-refractivity contribution in [3.8, 4) is 5.75 Å². The van der Waals surface area contributed by atoms with Crippen molar-refractivity contribution < 1.29 is 9.53 Å². The minimum Gasteiger partial charge on any atom is -0.426 e. The molecule has 0 amide bonds. The van der Waals surface area contributed by atoms with Gasteiger partial charge in [0.25, 0.3) is 0 Å². The standard InChI is InChI=1S/C26H31ClO2/c1-17(2)18-6-12-22-19(16-18)7-13-23-25(22,3)14-5-15-26(23,4)24(28)29-21-10-8-20(27)9-11-21/h6,8-12,16-17,23H,5,7,13-15H2,1-4H3/t23-,25-,26-/m1/s1. The van der Waals surface area contributed by atoms with Crippen LogP contribution >= 0.6 is 11.6 Å². The van der Waals surface area contributed by atoms with E-state index in [1.807, 2.05) is 0 Å². The zero-order chi connectivity index (χ0) is 20.8. The normalized spacial score (nSPS) is 28.6. The van der Waals surface area contributed by atoms with Gasteiger partial charge in [0, 0.05) is 5.02 Å². The molecule has 2 nitrogen and oxygen atoms in total. The predicted octanol–water partition coefficient (Wildman–Crippen LogP) is 7.08. The lowest BCUT2D eigenvalue weighted by atomic mass is 9.49. The lowest BCUT2D eigenvalue weighted by Gasteiger charge is -2.54. The second-order valence-electron chi connectivity index (χ2n) is 9.69. The van der Waals surface area contributed by atoms with E-state index in [0.29, 0.717) is 22.6 Å². The molecule has 0 heterocycles. The molecule has 2 aromatic carbocycles. The van der Waals surface area contributed by atoms with Crippen molar-refractivity contribution in [3.05, 3.63) is 64.2 Å². The Labute approximate surface area is 179 Å². The SMILES string of the molecule is CC(C)c1ccc2c(c1)CC[C@H]1[C@](C)(C(=O)Oc3ccc(Cl)cc3)CCC[C@]21C. The van der Waals surface area contributed by atoms with Crippen molar-refractivity contribution in [2.45, 2.75) is 71.1 Å². The van der Waals surface area contributed by atoms with Gasteiger partial charge in [-0.1, -0.05) is 57.0 Å². The third kappa shape index (κ3) is 3.50. The van der Waals surface area contributed by atoms with Crippen LogP contribution in [0.15, 0.2) is 42.5 Å². The maximum absolute atomic E-state index is 13.4. The highest BCUT2D eigenvalue weighted by Gasteiger charge is 2.55. The summed E-state index contributed by atoms with van der Waals surface area (Å²) in [6.07, 6.45) is 5.15. The maximum atomic E-state index is 13.4. The summed E-state index contributed by atoms with van der Waals surface area (Å²) in [6.45, 7) is 9.00. The van der Waals surface area contributed by atoms with Crippen molar-refractivity contribution >= 4 is 17.6 Å². The molecule has 0 saturated heterocycles. The van der Waals surface area contributed by atoms with E-state index < -0.39 is 5.41 Å². The molecule has 0 spiro atoms. The van der Waals surface area contributed by atoms with Crippen molar-refractivity contribution in [3.63, 3.8) is 0 Å². The Hall–Kier alpha value is -1.80. The van der Waals surface area contributed by atoms with E-state index in [9.17, 15) is 4.79 Å². The average molecular weight is 411 g/mol. The van der Waals surface area contributed by atoms with Crippen LogP contribution in [0.25, 0.3) is 0 Å². The van der Waals surface area contributed by atoms with Crippen LogP contribution in [0.2, 0.25) is 5.02 Å². The Morgan fingerprint density at radius 1 is 1.10 bits per heavy atom. The summed E-state index contributed by atoms with van der Waals surface area (Å²) in [6, 6.07) is 14.1. The fraction of sp³-hybridized carbons (Fsp3) is 0.500. The first kappa shape index (κ1) is 20.5. The third-order valence-electron chi connectivity index (χ3n) is 7.53. The summed E-state index contributed by atoms with van der Waals surface area (Å²) in [5.74, 6) is 1.31. The molecule has 4 rings (SSSR count). The van der Waals surface area contributed by atoms with Gasteiger partial charge in [-0.25, -0.2) is 0 Å². The maximum Gasteiger partial charge on any atom is 0.317 e. The minimum absolute atomic E-state index is 0.0229. The largest absolute Gasteiger partial charge is 0.426 e. The Bertz CT molecular complexity index is 917. The Kier molecular flexibility index (Phi) is 5.27. The second kappa shape index (κ2) is 7.47. The molecule has 2 aliphatic carbocycles. The molecule has 0 N–H and O–H groups in total. The summed E-state index contributed by atoms with van der Waals surface area (Å²) in [5.41, 5.74) is 3.89. The number of hydrogen-bond acceptors (Lipinski definition) is 2. The van der Waals surface area contributed by atoms with Crippen molar-refractivity contribution in [2.75, 3.05) is 0 Å². The van der Waals surface area contributed by atoms with E-state index in [4.69, 9.17) is 16.3 Å². The van der Waals surface area contributed by atoms with Crippen LogP contribution < -0.4 is 4.74 Å². The van der Waals surface area contributed by atoms with Gasteiger partial charge in [-0.15, -0.1) is 0 Å². The molecule has 3 atom stereocenters. The fourth-order valence-electron chi connectivity index (χ4n) is 5.84. The number of rotatable bonds is 3. The number of aryl methyl sites for hydroxylation is 1. The Morgan fingerprint density at radius 2 is 1.83 bits per heavy atom. The van der Waals surface area contributed by atoms with Gasteiger partial charge in [0.1, 0.15) is 5.75 Å². The van der Waals surface area contributed by atoms with E-state index in [0.717, 1.165) is 32.1 Å². The van der Waals surface area contributed by atoms with Crippen LogP contribution in [-0.2, 0) is 16.6 Å². The summed E-state index contributed by atoms with van der Waals surface area (Å²) in [4.78, 5) is 13.4. The number of ether oxygens (including phenoxy) is 1. The van der Waals surface area contributed by atoms with Crippen LogP contribution in [0.4, 0.5) is 0 Å². The first-order valence-corrected chi connectivity index (χ1v) is 11.2. The summed E-state index contributed by atoms with van der Waals surface area (Å²) in [5, 5.41) is 0.644. The van der Waals surface area contributed by atoms with Crippen molar-refractivity contribution in [1.82, 2.24) is 0 Å². The fourth-order valence-corrected chi connectivity index (χ4v) is 5.97. The molecular weight excluding hydrogens is 380 g/mol. The molecular formula is C26H31ClO2. The molecule has 0 bridgehead atoms. The predicted molar refractivity (Wildman–Crippen MR) is 119 cm³/mol. The number of halogens is 1. The molecule has 3 heteroatoms. The van der Waals surface area contributed by atoms with E-state index in [1.165, 1.54) is 16.7 Å². The van der Waals surface area contributed by atoms with Gasteiger partial charge in [-0.3, -0.25) is 4.79 Å². The lowest BCUT2D eigenvalue weighted by molar-refractivity contribution is -0.154. The molecule has 0 aromatic heterocycles. The number of esters is 1. The molecule has 154 valence electrons. The van der Waals surface area contributed by atoms with E-state index >= 15 is 0 Å². The van der Waals surface area contributed by atoms with E-state index in [1.54, 1.807) is 24.3 Å². The monoisotopic (exact) mass is 410 g/mol. The molecule has 29 heavy (non-hydrogen) atoms. The number of hydrogen-bond donors (Lipinski definition) is 0. The quantitative estimate of drug-likeness (QED) is 0.399. The Balaban J connectivity index is 1.65. The number of benzene rings is 2. The topological polar surface area (TPSA) is 26.3 Å². The zero-order valence-electron chi connectivity index (χ0n) is 17.9. The molecule has 1 fully saturated rings. The highest BCUT2D eigenvalue weighted by atomic mass is 35.5. The van der Waals surface area contributed by atoms with Gasteiger partial charge in [-0.2, -0.15) is 0 Å². The highest BCUT2D eigenvalue weighted by Crippen LogP contribution is 2.57. The molecule has 1 saturated carbocycles. The summed E-state index contributed by atoms with van der Waals surface area (Å²) >= 11 is 5.97. The van der Waals surface area contributed by atoms with Crippen LogP contribution in [0, 0.1) is 11.3 Å². The summed E-state index contributed by atoms with van der Waals surface area (Å²) in [7, 11) is 0. The average Bonchev–Trinajstić information content (AvgIpc) is 2.69. The molecule has 0 unspecified atom stereocenters. The van der Waals surface area contributed by atoms with Crippen molar-refractivity contribution in [2.24, 2.45) is 11.3 Å². The molecule has 0 aliphatic heterocycles. The van der Waals surface area contributed by atoms with Gasteiger partial charge in [-0.05, 0) is 90.8 Å². The van der Waals surface area contributed by atoms with Crippen LogP contribution in [0.3, 0.4) is 0 Å². The second-order valence-corrected chi connectivity index (χ2v) is 10.1. The smallest absolute Gasteiger partial charge is 0.317 e. The molecule has 2 aromatic rings. The minimum atomic E-state index is -0.471. The van der Waals surface area contributed by atoms with Gasteiger partial charge in [0.05, 0.1) is 5.41 Å². The number of carbonyl (C=O) groups is 1. The van der Waals surface area contributed by atoms with Gasteiger partial charge < -0.3 is 4.74 Å². The Morgan fingerprint density at radius 3 is 2.52 bits per heavy atom. The number of carbonyl (C=O) groups excluding carboxylic acids is 1. The lowest BCUT2D eigenvalue weighted by Crippen LogP contribution is -2.53. The van der Waals surface area contributed by atoms with Gasteiger partial charge >= 0.3 is 5.97 Å². The van der Waals surface area contributed by atoms with Crippen molar-refractivity contribution in [1.29, 1.82) is 0 Å². The first-order chi connectivity index (χ1) is 13.7. The third-order valence-corrected chi connectivity index (χ3v) is 7.79. The summed E-state index contributed by atoms with van der Waals surface area (Å²) < 4.78 is 5.85. The first-order valence-electron chi connectivity index (χ1n) is 10.9. The van der Waals surface area contributed by atoms with E-state index in [2.05, 4.69) is 45.9 Å². The van der Waals surface area contributed by atoms with Gasteiger partial charge in [0.15, 0.2) is 0 Å². The van der Waals surface area contributed by atoms with Crippen LogP contribution in [-0.4, -0.2) is 5.97 Å². The molecule has 2 aliphatic rings.